The number of amides is 2. The predicted octanol–water partition coefficient (Wildman–Crippen LogP) is 4.42. The number of nitrogens with zero attached hydrogens (tertiary/aromatic N) is 4. The lowest BCUT2D eigenvalue weighted by atomic mass is 10.2. The number of aromatic nitrogens is 3. The van der Waals surface area contributed by atoms with Crippen molar-refractivity contribution in [2.45, 2.75) is 0 Å². The molecule has 0 spiro atoms. The standard InChI is InChI=1S/C21H15FN6O2/c1-28-20-5-2-14(8-13(20)12-25-28)26-21(29)27-19-4-3-16(10-18(19)22)30-17-6-7-24-15(9-17)11-23/h2-10,12H,1H3,(H2,26,27,29). The summed E-state index contributed by atoms with van der Waals surface area (Å²) in [4.78, 5) is 16.1. The molecule has 8 nitrogen and oxygen atoms in total. The van der Waals surface area contributed by atoms with Crippen molar-refractivity contribution >= 4 is 28.3 Å². The SMILES string of the molecule is Cn1ncc2cc(NC(=O)Nc3ccc(Oc4ccnc(C#N)c4)cc3F)ccc21. The van der Waals surface area contributed by atoms with Crippen molar-refractivity contribution < 1.29 is 13.9 Å². The lowest BCUT2D eigenvalue weighted by molar-refractivity contribution is 0.262. The summed E-state index contributed by atoms with van der Waals surface area (Å²) < 4.78 is 21.7. The molecule has 0 aliphatic heterocycles. The number of halogens is 1. The summed E-state index contributed by atoms with van der Waals surface area (Å²) in [5.74, 6) is -0.0966. The van der Waals surface area contributed by atoms with Crippen LogP contribution >= 0.6 is 0 Å². The number of pyridine rings is 1. The van der Waals surface area contributed by atoms with E-state index in [1.165, 1.54) is 24.4 Å². The van der Waals surface area contributed by atoms with Gasteiger partial charge in [-0.2, -0.15) is 10.4 Å². The number of carbonyl (C=O) groups excluding carboxylic acids is 1. The Hall–Kier alpha value is -4.45. The molecule has 9 heteroatoms. The Morgan fingerprint density at radius 1 is 1.13 bits per heavy atom. The van der Waals surface area contributed by atoms with Crippen molar-refractivity contribution in [2.24, 2.45) is 7.05 Å². The fourth-order valence-corrected chi connectivity index (χ4v) is 2.86. The van der Waals surface area contributed by atoms with Crippen LogP contribution in [0.2, 0.25) is 0 Å². The van der Waals surface area contributed by atoms with Crippen molar-refractivity contribution in [3.8, 4) is 17.6 Å². The maximum absolute atomic E-state index is 14.4. The largest absolute Gasteiger partial charge is 0.457 e. The number of fused-ring (bicyclic) bond motifs is 1. The highest BCUT2D eigenvalue weighted by Crippen LogP contribution is 2.26. The highest BCUT2D eigenvalue weighted by molar-refractivity contribution is 6.01. The number of nitrogens with one attached hydrogen (secondary N) is 2. The van der Waals surface area contributed by atoms with Gasteiger partial charge in [0, 0.05) is 36.5 Å². The van der Waals surface area contributed by atoms with Gasteiger partial charge in [0.2, 0.25) is 0 Å². The van der Waals surface area contributed by atoms with Gasteiger partial charge in [-0.3, -0.25) is 4.68 Å². The molecule has 2 amide bonds. The molecule has 0 unspecified atom stereocenters. The van der Waals surface area contributed by atoms with E-state index in [0.717, 1.165) is 17.0 Å². The molecule has 0 atom stereocenters. The fourth-order valence-electron chi connectivity index (χ4n) is 2.86. The molecular formula is C21H15FN6O2. The van der Waals surface area contributed by atoms with E-state index < -0.39 is 11.8 Å². The molecule has 0 aliphatic rings. The second-order valence-corrected chi connectivity index (χ2v) is 6.35. The number of hydrogen-bond donors (Lipinski definition) is 2. The van der Waals surface area contributed by atoms with Crippen molar-refractivity contribution in [3.63, 3.8) is 0 Å². The lowest BCUT2D eigenvalue weighted by Crippen LogP contribution is -2.20. The number of ether oxygens (including phenoxy) is 1. The van der Waals surface area contributed by atoms with Crippen LogP contribution in [0.15, 0.2) is 60.9 Å². The first-order valence-corrected chi connectivity index (χ1v) is 8.85. The summed E-state index contributed by atoms with van der Waals surface area (Å²) in [5, 5.41) is 19.0. The lowest BCUT2D eigenvalue weighted by Gasteiger charge is -2.11. The Labute approximate surface area is 170 Å². The van der Waals surface area contributed by atoms with Gasteiger partial charge in [0.15, 0.2) is 0 Å². The molecule has 148 valence electrons. The molecule has 30 heavy (non-hydrogen) atoms. The molecule has 0 aliphatic carbocycles. The topological polar surface area (TPSA) is 105 Å². The van der Waals surface area contributed by atoms with Crippen molar-refractivity contribution in [3.05, 3.63) is 72.4 Å². The molecule has 0 bridgehead atoms. The summed E-state index contributed by atoms with van der Waals surface area (Å²) >= 11 is 0. The number of anilines is 2. The highest BCUT2D eigenvalue weighted by atomic mass is 19.1. The highest BCUT2D eigenvalue weighted by Gasteiger charge is 2.10. The normalized spacial score (nSPS) is 10.4. The number of nitriles is 1. The van der Waals surface area contributed by atoms with Gasteiger partial charge in [-0.25, -0.2) is 14.2 Å². The van der Waals surface area contributed by atoms with E-state index in [1.54, 1.807) is 29.1 Å². The summed E-state index contributed by atoms with van der Waals surface area (Å²) in [6.45, 7) is 0. The first-order chi connectivity index (χ1) is 14.5. The third-order valence-corrected chi connectivity index (χ3v) is 4.27. The summed E-state index contributed by atoms with van der Waals surface area (Å²) in [5.41, 5.74) is 1.67. The Kier molecular flexibility index (Phi) is 4.97. The molecule has 2 heterocycles. The van der Waals surface area contributed by atoms with Crippen LogP contribution in [0.3, 0.4) is 0 Å². The van der Waals surface area contributed by atoms with E-state index in [1.807, 2.05) is 19.2 Å². The molecule has 2 aromatic carbocycles. The van der Waals surface area contributed by atoms with E-state index in [9.17, 15) is 9.18 Å². The van der Waals surface area contributed by atoms with Crippen LogP contribution in [0, 0.1) is 17.1 Å². The van der Waals surface area contributed by atoms with Crippen LogP contribution in [-0.2, 0) is 7.05 Å². The maximum Gasteiger partial charge on any atom is 0.323 e. The number of carbonyl (C=O) groups is 1. The third kappa shape index (κ3) is 4.02. The average molecular weight is 402 g/mol. The zero-order valence-electron chi connectivity index (χ0n) is 15.8. The number of rotatable bonds is 4. The summed E-state index contributed by atoms with van der Waals surface area (Å²) in [6, 6.07) is 13.7. The van der Waals surface area contributed by atoms with Gasteiger partial charge in [0.1, 0.15) is 29.1 Å². The van der Waals surface area contributed by atoms with Crippen LogP contribution in [0.1, 0.15) is 5.69 Å². The smallest absolute Gasteiger partial charge is 0.323 e. The monoisotopic (exact) mass is 402 g/mol. The second-order valence-electron chi connectivity index (χ2n) is 6.35. The van der Waals surface area contributed by atoms with Gasteiger partial charge in [-0.05, 0) is 36.4 Å². The van der Waals surface area contributed by atoms with E-state index in [4.69, 9.17) is 10.00 Å². The molecule has 4 rings (SSSR count). The van der Waals surface area contributed by atoms with Crippen molar-refractivity contribution in [1.82, 2.24) is 14.8 Å². The van der Waals surface area contributed by atoms with Gasteiger partial charge >= 0.3 is 6.03 Å². The number of aryl methyl sites for hydroxylation is 1. The van der Waals surface area contributed by atoms with Crippen LogP contribution in [0.4, 0.5) is 20.6 Å². The summed E-state index contributed by atoms with van der Waals surface area (Å²) in [6.07, 6.45) is 3.12. The molecule has 0 saturated heterocycles. The quantitative estimate of drug-likeness (QED) is 0.526. The maximum atomic E-state index is 14.4. The minimum Gasteiger partial charge on any atom is -0.457 e. The van der Waals surface area contributed by atoms with Crippen LogP contribution < -0.4 is 15.4 Å². The van der Waals surface area contributed by atoms with Gasteiger partial charge < -0.3 is 15.4 Å². The molecule has 0 fully saturated rings. The van der Waals surface area contributed by atoms with E-state index >= 15 is 0 Å². The molecule has 0 radical (unpaired) electrons. The molecular weight excluding hydrogens is 387 g/mol. The Bertz CT molecular complexity index is 1290. The number of hydrogen-bond acceptors (Lipinski definition) is 5. The van der Waals surface area contributed by atoms with E-state index in [0.29, 0.717) is 11.4 Å². The first-order valence-electron chi connectivity index (χ1n) is 8.85. The third-order valence-electron chi connectivity index (χ3n) is 4.27. The van der Waals surface area contributed by atoms with Crippen LogP contribution in [0.5, 0.6) is 11.5 Å². The Morgan fingerprint density at radius 3 is 2.77 bits per heavy atom. The van der Waals surface area contributed by atoms with Gasteiger partial charge in [0.05, 0.1) is 17.4 Å². The average Bonchev–Trinajstić information content (AvgIpc) is 3.10. The van der Waals surface area contributed by atoms with E-state index in [-0.39, 0.29) is 17.1 Å². The van der Waals surface area contributed by atoms with Crippen LogP contribution in [-0.4, -0.2) is 20.8 Å². The van der Waals surface area contributed by atoms with Gasteiger partial charge in [-0.15, -0.1) is 0 Å². The molecule has 0 saturated carbocycles. The zero-order chi connectivity index (χ0) is 21.1. The van der Waals surface area contributed by atoms with Gasteiger partial charge in [0.25, 0.3) is 0 Å². The second kappa shape index (κ2) is 7.89. The van der Waals surface area contributed by atoms with E-state index in [2.05, 4.69) is 20.7 Å². The fraction of sp³-hybridized carbons (Fsp3) is 0.0476. The van der Waals surface area contributed by atoms with Crippen molar-refractivity contribution in [1.29, 1.82) is 5.26 Å². The van der Waals surface area contributed by atoms with Crippen LogP contribution in [0.25, 0.3) is 10.9 Å². The first kappa shape index (κ1) is 18.9. The predicted molar refractivity (Wildman–Crippen MR) is 109 cm³/mol. The number of urea groups is 1. The zero-order valence-corrected chi connectivity index (χ0v) is 15.8. The Morgan fingerprint density at radius 2 is 1.97 bits per heavy atom. The molecule has 2 aromatic heterocycles. The molecule has 4 aromatic rings. The number of benzene rings is 2. The van der Waals surface area contributed by atoms with Crippen molar-refractivity contribution in [2.75, 3.05) is 10.6 Å². The minimum atomic E-state index is -0.667. The Balaban J connectivity index is 1.43. The van der Waals surface area contributed by atoms with Gasteiger partial charge in [-0.1, -0.05) is 0 Å². The molecule has 2 N–H and O–H groups in total. The minimum absolute atomic E-state index is 0.00486. The summed E-state index contributed by atoms with van der Waals surface area (Å²) in [7, 11) is 1.83.